The highest BCUT2D eigenvalue weighted by atomic mass is 35.5. The molecule has 0 bridgehead atoms. The van der Waals surface area contributed by atoms with Crippen LogP contribution in [0.25, 0.3) is 10.8 Å². The number of benzene rings is 2. The number of amides is 1. The maximum absolute atomic E-state index is 14.9. The van der Waals surface area contributed by atoms with Crippen LogP contribution in [0.1, 0.15) is 11.5 Å². The molecule has 7 heteroatoms. The quantitative estimate of drug-likeness (QED) is 0.648. The molecule has 2 atom stereocenters. The third kappa shape index (κ3) is 3.22. The second-order valence-corrected chi connectivity index (χ2v) is 6.99. The lowest BCUT2D eigenvalue weighted by Crippen LogP contribution is -2.28. The van der Waals surface area contributed by atoms with Crippen molar-refractivity contribution in [1.82, 2.24) is 10.3 Å². The number of rotatable bonds is 3. The molecule has 1 aliphatic heterocycles. The van der Waals surface area contributed by atoms with Crippen LogP contribution in [0.15, 0.2) is 53.5 Å². The van der Waals surface area contributed by atoms with E-state index in [1.165, 1.54) is 18.3 Å². The number of carbonyl (C=O) groups is 1. The summed E-state index contributed by atoms with van der Waals surface area (Å²) in [6.45, 7) is 1.17. The molecule has 2 aromatic carbocycles. The summed E-state index contributed by atoms with van der Waals surface area (Å²) < 4.78 is 14.9. The van der Waals surface area contributed by atoms with E-state index >= 15 is 0 Å². The lowest BCUT2D eigenvalue weighted by atomic mass is 9.88. The van der Waals surface area contributed by atoms with E-state index in [2.05, 4.69) is 15.6 Å². The minimum Gasteiger partial charge on any atom is -0.329 e. The van der Waals surface area contributed by atoms with Crippen LogP contribution in [-0.2, 0) is 4.79 Å². The van der Waals surface area contributed by atoms with Gasteiger partial charge in [-0.25, -0.2) is 4.39 Å². The van der Waals surface area contributed by atoms with Gasteiger partial charge in [0.05, 0.1) is 22.0 Å². The average Bonchev–Trinajstić information content (AvgIpc) is 3.17. The van der Waals surface area contributed by atoms with E-state index in [1.54, 1.807) is 0 Å². The number of carbonyl (C=O) groups excluding carboxylic acids is 1. The minimum atomic E-state index is -0.709. The van der Waals surface area contributed by atoms with Crippen molar-refractivity contribution in [2.24, 2.45) is 5.92 Å². The maximum Gasteiger partial charge on any atom is 0.255 e. The molecule has 0 radical (unpaired) electrons. The summed E-state index contributed by atoms with van der Waals surface area (Å²) in [6.07, 6.45) is 1.36. The van der Waals surface area contributed by atoms with E-state index in [-0.39, 0.29) is 39.2 Å². The molecular formula is C20H17ClFN3O2. The lowest BCUT2D eigenvalue weighted by Gasteiger charge is -2.19. The number of pyridine rings is 1. The van der Waals surface area contributed by atoms with E-state index in [1.807, 2.05) is 30.3 Å². The van der Waals surface area contributed by atoms with Crippen molar-refractivity contribution in [3.05, 3.63) is 75.4 Å². The molecule has 1 saturated heterocycles. The zero-order valence-corrected chi connectivity index (χ0v) is 15.0. The Kier molecular flexibility index (Phi) is 4.68. The standard InChI is InChI=1S/C20H17ClFN3O2/c21-16-8-13-12(6-7-24-19(13)26)17(22)18(16)25-20(27)15-10-23-9-14(15)11-4-2-1-3-5-11/h1-8,14-15,23H,9-10H2,(H,24,26)(H,25,27)/t14-,15+/m0/s1. The summed E-state index contributed by atoms with van der Waals surface area (Å²) in [7, 11) is 0. The van der Waals surface area contributed by atoms with Crippen LogP contribution < -0.4 is 16.2 Å². The predicted octanol–water partition coefficient (Wildman–Crippen LogP) is 3.26. The average molecular weight is 386 g/mol. The van der Waals surface area contributed by atoms with Crippen LogP contribution in [0.5, 0.6) is 0 Å². The predicted molar refractivity (Wildman–Crippen MR) is 104 cm³/mol. The first-order valence-corrected chi connectivity index (χ1v) is 9.00. The summed E-state index contributed by atoms with van der Waals surface area (Å²) >= 11 is 6.16. The van der Waals surface area contributed by atoms with Gasteiger partial charge in [-0.2, -0.15) is 0 Å². The number of hydrogen-bond donors (Lipinski definition) is 3. The molecule has 0 unspecified atom stereocenters. The first-order chi connectivity index (χ1) is 13.1. The van der Waals surface area contributed by atoms with Crippen LogP contribution in [0.3, 0.4) is 0 Å². The van der Waals surface area contributed by atoms with Gasteiger partial charge in [-0.15, -0.1) is 0 Å². The van der Waals surface area contributed by atoms with Gasteiger partial charge in [0.25, 0.3) is 5.56 Å². The number of aromatic nitrogens is 1. The highest BCUT2D eigenvalue weighted by Crippen LogP contribution is 2.33. The number of fused-ring (bicyclic) bond motifs is 1. The van der Waals surface area contributed by atoms with Gasteiger partial charge in [-0.1, -0.05) is 41.9 Å². The van der Waals surface area contributed by atoms with Crippen LogP contribution in [0, 0.1) is 11.7 Å². The van der Waals surface area contributed by atoms with E-state index in [0.29, 0.717) is 13.1 Å². The zero-order valence-electron chi connectivity index (χ0n) is 14.3. The molecular weight excluding hydrogens is 369 g/mol. The van der Waals surface area contributed by atoms with Crippen LogP contribution in [-0.4, -0.2) is 24.0 Å². The Hall–Kier alpha value is -2.70. The molecule has 2 heterocycles. The smallest absolute Gasteiger partial charge is 0.255 e. The molecule has 1 amide bonds. The minimum absolute atomic E-state index is 0.00339. The highest BCUT2D eigenvalue weighted by molar-refractivity contribution is 6.34. The highest BCUT2D eigenvalue weighted by Gasteiger charge is 2.34. The van der Waals surface area contributed by atoms with Gasteiger partial charge in [0.1, 0.15) is 0 Å². The van der Waals surface area contributed by atoms with Crippen molar-refractivity contribution in [2.45, 2.75) is 5.92 Å². The molecule has 0 spiro atoms. The van der Waals surface area contributed by atoms with Gasteiger partial charge in [0, 0.05) is 30.6 Å². The molecule has 1 fully saturated rings. The molecule has 138 valence electrons. The number of hydrogen-bond acceptors (Lipinski definition) is 3. The van der Waals surface area contributed by atoms with Gasteiger partial charge < -0.3 is 15.6 Å². The van der Waals surface area contributed by atoms with Crippen LogP contribution in [0.4, 0.5) is 10.1 Å². The van der Waals surface area contributed by atoms with E-state index < -0.39 is 11.4 Å². The molecule has 27 heavy (non-hydrogen) atoms. The number of aromatic amines is 1. The third-order valence-corrected chi connectivity index (χ3v) is 5.29. The summed E-state index contributed by atoms with van der Waals surface area (Å²) in [5.41, 5.74) is 0.521. The zero-order chi connectivity index (χ0) is 19.0. The molecule has 1 aromatic heterocycles. The van der Waals surface area contributed by atoms with Gasteiger partial charge >= 0.3 is 0 Å². The largest absolute Gasteiger partial charge is 0.329 e. The van der Waals surface area contributed by atoms with E-state index in [4.69, 9.17) is 11.6 Å². The number of anilines is 1. The third-order valence-electron chi connectivity index (χ3n) is 4.99. The van der Waals surface area contributed by atoms with Crippen molar-refractivity contribution in [3.63, 3.8) is 0 Å². The second kappa shape index (κ2) is 7.13. The first-order valence-electron chi connectivity index (χ1n) is 8.62. The van der Waals surface area contributed by atoms with Crippen molar-refractivity contribution in [3.8, 4) is 0 Å². The Morgan fingerprint density at radius 1 is 1.15 bits per heavy atom. The van der Waals surface area contributed by atoms with Crippen molar-refractivity contribution in [2.75, 3.05) is 18.4 Å². The summed E-state index contributed by atoms with van der Waals surface area (Å²) in [5.74, 6) is -1.37. The van der Waals surface area contributed by atoms with Crippen molar-refractivity contribution in [1.29, 1.82) is 0 Å². The number of nitrogens with one attached hydrogen (secondary N) is 3. The fourth-order valence-electron chi connectivity index (χ4n) is 3.60. The fourth-order valence-corrected chi connectivity index (χ4v) is 3.84. The normalized spacial score (nSPS) is 19.3. The van der Waals surface area contributed by atoms with Crippen molar-refractivity contribution < 1.29 is 9.18 Å². The Morgan fingerprint density at radius 2 is 1.93 bits per heavy atom. The Balaban J connectivity index is 1.66. The molecule has 3 aromatic rings. The van der Waals surface area contributed by atoms with Crippen molar-refractivity contribution >= 4 is 34.0 Å². The number of H-pyrrole nitrogens is 1. The maximum atomic E-state index is 14.9. The molecule has 0 saturated carbocycles. The fraction of sp³-hybridized carbons (Fsp3) is 0.200. The molecule has 3 N–H and O–H groups in total. The van der Waals surface area contributed by atoms with Crippen LogP contribution in [0.2, 0.25) is 5.02 Å². The SMILES string of the molecule is O=C(Nc1c(Cl)cc2c(=O)[nH]ccc2c1F)[C@@H]1CNC[C@H]1c1ccccc1. The molecule has 5 nitrogen and oxygen atoms in total. The Bertz CT molecular complexity index is 1070. The summed E-state index contributed by atoms with van der Waals surface area (Å²) in [6, 6.07) is 12.6. The van der Waals surface area contributed by atoms with Gasteiger partial charge in [-0.3, -0.25) is 9.59 Å². The van der Waals surface area contributed by atoms with E-state index in [0.717, 1.165) is 5.56 Å². The Labute approximate surface area is 159 Å². The van der Waals surface area contributed by atoms with E-state index in [9.17, 15) is 14.0 Å². The van der Waals surface area contributed by atoms with Gasteiger partial charge in [-0.05, 0) is 17.7 Å². The second-order valence-electron chi connectivity index (χ2n) is 6.59. The van der Waals surface area contributed by atoms with Gasteiger partial charge in [0.2, 0.25) is 5.91 Å². The van der Waals surface area contributed by atoms with Crippen LogP contribution >= 0.6 is 11.6 Å². The topological polar surface area (TPSA) is 74.0 Å². The summed E-state index contributed by atoms with van der Waals surface area (Å²) in [4.78, 5) is 27.2. The molecule has 1 aliphatic rings. The monoisotopic (exact) mass is 385 g/mol. The Morgan fingerprint density at radius 3 is 2.70 bits per heavy atom. The molecule has 0 aliphatic carbocycles. The first kappa shape index (κ1) is 17.7. The molecule has 4 rings (SSSR count). The van der Waals surface area contributed by atoms with Gasteiger partial charge in [0.15, 0.2) is 5.82 Å². The lowest BCUT2D eigenvalue weighted by molar-refractivity contribution is -0.119. The summed E-state index contributed by atoms with van der Waals surface area (Å²) in [5, 5.41) is 6.10. The number of halogens is 2.